The highest BCUT2D eigenvalue weighted by Crippen LogP contribution is 2.20. The first kappa shape index (κ1) is 19.9. The summed E-state index contributed by atoms with van der Waals surface area (Å²) >= 11 is 0. The van der Waals surface area contributed by atoms with Gasteiger partial charge in [0.05, 0.1) is 6.61 Å². The van der Waals surface area contributed by atoms with Crippen LogP contribution in [0.3, 0.4) is 0 Å². The number of benzene rings is 2. The molecule has 2 amide bonds. The smallest absolute Gasteiger partial charge is 0.251 e. The summed E-state index contributed by atoms with van der Waals surface area (Å²) in [5.74, 6) is 1.32. The normalized spacial score (nSPS) is 15.7. The molecular weight excluding hydrogens is 352 g/mol. The van der Waals surface area contributed by atoms with Crippen LogP contribution in [0.2, 0.25) is 0 Å². The third-order valence-electron chi connectivity index (χ3n) is 5.09. The predicted molar refractivity (Wildman–Crippen MR) is 109 cm³/mol. The number of carbonyl (C=O) groups excluding carboxylic acids is 2. The van der Waals surface area contributed by atoms with Gasteiger partial charge in [-0.3, -0.25) is 9.59 Å². The molecule has 1 atom stereocenters. The van der Waals surface area contributed by atoms with Crippen LogP contribution in [-0.4, -0.2) is 42.5 Å². The molecule has 1 N–H and O–H groups in total. The van der Waals surface area contributed by atoms with E-state index in [0.717, 1.165) is 31.7 Å². The van der Waals surface area contributed by atoms with Crippen molar-refractivity contribution in [3.8, 4) is 5.75 Å². The Morgan fingerprint density at radius 1 is 1.04 bits per heavy atom. The molecule has 148 valence electrons. The van der Waals surface area contributed by atoms with Gasteiger partial charge in [-0.25, -0.2) is 0 Å². The number of ether oxygens (including phenoxy) is 1. The monoisotopic (exact) mass is 380 g/mol. The Kier molecular flexibility index (Phi) is 7.06. The molecule has 3 rings (SSSR count). The van der Waals surface area contributed by atoms with Crippen molar-refractivity contribution in [2.75, 3.05) is 19.7 Å². The van der Waals surface area contributed by atoms with Crippen LogP contribution in [0.1, 0.15) is 36.5 Å². The number of nitrogens with one attached hydrogen (secondary N) is 1. The van der Waals surface area contributed by atoms with E-state index in [1.165, 1.54) is 0 Å². The van der Waals surface area contributed by atoms with E-state index in [4.69, 9.17) is 4.74 Å². The van der Waals surface area contributed by atoms with Crippen molar-refractivity contribution >= 4 is 11.8 Å². The fraction of sp³-hybridized carbons (Fsp3) is 0.391. The first-order valence-electron chi connectivity index (χ1n) is 9.93. The second kappa shape index (κ2) is 9.93. The minimum atomic E-state index is -0.195. The fourth-order valence-corrected chi connectivity index (χ4v) is 3.42. The van der Waals surface area contributed by atoms with E-state index in [-0.39, 0.29) is 17.9 Å². The maximum Gasteiger partial charge on any atom is 0.251 e. The zero-order chi connectivity index (χ0) is 19.8. The molecule has 0 bridgehead atoms. The van der Waals surface area contributed by atoms with Crippen molar-refractivity contribution < 1.29 is 14.3 Å². The highest BCUT2D eigenvalue weighted by Gasteiger charge is 2.24. The number of rotatable bonds is 7. The van der Waals surface area contributed by atoms with Crippen LogP contribution < -0.4 is 10.1 Å². The van der Waals surface area contributed by atoms with Crippen LogP contribution in [0.15, 0.2) is 60.7 Å². The van der Waals surface area contributed by atoms with Crippen molar-refractivity contribution in [1.29, 1.82) is 0 Å². The number of hydrogen-bond donors (Lipinski definition) is 1. The summed E-state index contributed by atoms with van der Waals surface area (Å²) in [5, 5.41) is 2.91. The van der Waals surface area contributed by atoms with Gasteiger partial charge in [0.1, 0.15) is 5.75 Å². The van der Waals surface area contributed by atoms with Gasteiger partial charge in [-0.1, -0.05) is 36.4 Å². The van der Waals surface area contributed by atoms with Gasteiger partial charge in [0.15, 0.2) is 0 Å². The number of carbonyl (C=O) groups is 2. The number of piperidine rings is 1. The van der Waals surface area contributed by atoms with E-state index in [1.807, 2.05) is 60.4 Å². The summed E-state index contributed by atoms with van der Waals surface area (Å²) in [6.45, 7) is 4.07. The fourth-order valence-electron chi connectivity index (χ4n) is 3.42. The maximum atomic E-state index is 12.6. The summed E-state index contributed by atoms with van der Waals surface area (Å²) in [7, 11) is 0. The molecule has 1 aliphatic heterocycles. The molecule has 5 heteroatoms. The molecular formula is C23H28N2O3. The first-order chi connectivity index (χ1) is 13.6. The van der Waals surface area contributed by atoms with E-state index in [1.54, 1.807) is 12.1 Å². The lowest BCUT2D eigenvalue weighted by Gasteiger charge is -2.32. The van der Waals surface area contributed by atoms with Crippen LogP contribution in [0.4, 0.5) is 0 Å². The van der Waals surface area contributed by atoms with E-state index in [2.05, 4.69) is 5.32 Å². The third kappa shape index (κ3) is 5.84. The second-order valence-electron chi connectivity index (χ2n) is 7.39. The van der Waals surface area contributed by atoms with Crippen LogP contribution in [0.5, 0.6) is 5.75 Å². The van der Waals surface area contributed by atoms with Gasteiger partial charge in [0.25, 0.3) is 5.91 Å². The molecule has 0 aromatic heterocycles. The van der Waals surface area contributed by atoms with Crippen LogP contribution in [0, 0.1) is 5.92 Å². The first-order valence-corrected chi connectivity index (χ1v) is 9.93. The zero-order valence-corrected chi connectivity index (χ0v) is 16.3. The zero-order valence-electron chi connectivity index (χ0n) is 16.3. The minimum absolute atomic E-state index is 0.100. The standard InChI is InChI=1S/C23H28N2O3/c1-18(24-23(27)20-8-4-2-5-9-20)16-22(26)25-14-12-19(13-15-25)17-28-21-10-6-3-7-11-21/h2-11,18-19H,12-17H2,1H3,(H,24,27). The van der Waals surface area contributed by atoms with E-state index in [9.17, 15) is 9.59 Å². The lowest BCUT2D eigenvalue weighted by Crippen LogP contribution is -2.43. The number of hydrogen-bond acceptors (Lipinski definition) is 3. The largest absolute Gasteiger partial charge is 0.493 e. The highest BCUT2D eigenvalue weighted by atomic mass is 16.5. The number of likely N-dealkylation sites (tertiary alicyclic amines) is 1. The summed E-state index contributed by atoms with van der Waals surface area (Å²) in [4.78, 5) is 26.7. The third-order valence-corrected chi connectivity index (χ3v) is 5.09. The average molecular weight is 380 g/mol. The van der Waals surface area contributed by atoms with Crippen molar-refractivity contribution in [2.45, 2.75) is 32.2 Å². The quantitative estimate of drug-likeness (QED) is 0.800. The molecule has 0 aliphatic carbocycles. The molecule has 0 saturated carbocycles. The van der Waals surface area contributed by atoms with Gasteiger partial charge in [0.2, 0.25) is 5.91 Å². The predicted octanol–water partition coefficient (Wildman–Crippen LogP) is 3.51. The average Bonchev–Trinajstić information content (AvgIpc) is 2.74. The molecule has 1 aliphatic rings. The highest BCUT2D eigenvalue weighted by molar-refractivity contribution is 5.94. The summed E-state index contributed by atoms with van der Waals surface area (Å²) in [5.41, 5.74) is 0.612. The van der Waals surface area contributed by atoms with Crippen molar-refractivity contribution in [2.24, 2.45) is 5.92 Å². The summed E-state index contributed by atoms with van der Waals surface area (Å²) in [6.07, 6.45) is 2.22. The lowest BCUT2D eigenvalue weighted by molar-refractivity contribution is -0.133. The van der Waals surface area contributed by atoms with Gasteiger partial charge >= 0.3 is 0 Å². The Balaban J connectivity index is 1.38. The Labute approximate surface area is 166 Å². The molecule has 0 radical (unpaired) electrons. The van der Waals surface area contributed by atoms with Crippen molar-refractivity contribution in [3.05, 3.63) is 66.2 Å². The Bertz CT molecular complexity index is 756. The molecule has 1 unspecified atom stereocenters. The number of amides is 2. The van der Waals surface area contributed by atoms with E-state index >= 15 is 0 Å². The number of nitrogens with zero attached hydrogens (tertiary/aromatic N) is 1. The van der Waals surface area contributed by atoms with Gasteiger partial charge < -0.3 is 15.0 Å². The van der Waals surface area contributed by atoms with Gasteiger partial charge in [0, 0.05) is 31.1 Å². The molecule has 2 aromatic rings. The Morgan fingerprint density at radius 3 is 2.29 bits per heavy atom. The topological polar surface area (TPSA) is 58.6 Å². The molecule has 0 spiro atoms. The van der Waals surface area contributed by atoms with Crippen LogP contribution >= 0.6 is 0 Å². The Hall–Kier alpha value is -2.82. The molecule has 1 saturated heterocycles. The SMILES string of the molecule is CC(CC(=O)N1CCC(COc2ccccc2)CC1)NC(=O)c1ccccc1. The molecule has 2 aromatic carbocycles. The summed E-state index contributed by atoms with van der Waals surface area (Å²) in [6, 6.07) is 18.7. The molecule has 1 heterocycles. The minimum Gasteiger partial charge on any atom is -0.493 e. The number of para-hydroxylation sites is 1. The van der Waals surface area contributed by atoms with Gasteiger partial charge in [-0.15, -0.1) is 0 Å². The summed E-state index contributed by atoms with van der Waals surface area (Å²) < 4.78 is 5.84. The van der Waals surface area contributed by atoms with Crippen LogP contribution in [0.25, 0.3) is 0 Å². The van der Waals surface area contributed by atoms with E-state index in [0.29, 0.717) is 24.5 Å². The molecule has 1 fully saturated rings. The Morgan fingerprint density at radius 2 is 1.64 bits per heavy atom. The van der Waals surface area contributed by atoms with Crippen LogP contribution in [-0.2, 0) is 4.79 Å². The molecule has 5 nitrogen and oxygen atoms in total. The van der Waals surface area contributed by atoms with Crippen molar-refractivity contribution in [3.63, 3.8) is 0 Å². The molecule has 28 heavy (non-hydrogen) atoms. The second-order valence-corrected chi connectivity index (χ2v) is 7.39. The van der Waals surface area contributed by atoms with E-state index < -0.39 is 0 Å². The maximum absolute atomic E-state index is 12.6. The van der Waals surface area contributed by atoms with Gasteiger partial charge in [-0.05, 0) is 49.9 Å². The van der Waals surface area contributed by atoms with Crippen molar-refractivity contribution in [1.82, 2.24) is 10.2 Å². The lowest BCUT2D eigenvalue weighted by atomic mass is 9.97. The van der Waals surface area contributed by atoms with Gasteiger partial charge in [-0.2, -0.15) is 0 Å².